The van der Waals surface area contributed by atoms with Crippen LogP contribution in [0.4, 0.5) is 0 Å². The standard InChI is InChI=1S/C30H39ClN2O3/c1-30(2,3)28(34)22-9-12-25(13-10-22)36-27-14-11-23(19-26(27)31)29(35)32-24-15-17-33(18-16-24)20-21-7-5-4-6-8-21/h4-8,11,14,19,22,24-25H,9-10,12-13,15-18,20H2,1-3H3,(H,32,35). The minimum atomic E-state index is -0.294. The Morgan fingerprint density at radius 1 is 0.972 bits per heavy atom. The molecule has 5 nitrogen and oxygen atoms in total. The topological polar surface area (TPSA) is 58.6 Å². The van der Waals surface area contributed by atoms with Gasteiger partial charge in [-0.05, 0) is 62.3 Å². The van der Waals surface area contributed by atoms with Gasteiger partial charge in [0.2, 0.25) is 0 Å². The predicted octanol–water partition coefficient (Wildman–Crippen LogP) is 6.29. The Morgan fingerprint density at radius 3 is 2.25 bits per heavy atom. The van der Waals surface area contributed by atoms with Gasteiger partial charge >= 0.3 is 0 Å². The Hall–Kier alpha value is -2.37. The zero-order valence-corrected chi connectivity index (χ0v) is 22.5. The molecule has 0 unspecified atom stereocenters. The van der Waals surface area contributed by atoms with Crippen LogP contribution >= 0.6 is 11.6 Å². The maximum Gasteiger partial charge on any atom is 0.251 e. The summed E-state index contributed by atoms with van der Waals surface area (Å²) in [6, 6.07) is 16.0. The first-order chi connectivity index (χ1) is 17.2. The van der Waals surface area contributed by atoms with E-state index in [1.54, 1.807) is 18.2 Å². The highest BCUT2D eigenvalue weighted by Crippen LogP contribution is 2.35. The van der Waals surface area contributed by atoms with Gasteiger partial charge in [0, 0.05) is 42.6 Å². The highest BCUT2D eigenvalue weighted by atomic mass is 35.5. The molecule has 1 N–H and O–H groups in total. The molecule has 0 bridgehead atoms. The van der Waals surface area contributed by atoms with Crippen molar-refractivity contribution >= 4 is 23.3 Å². The molecule has 194 valence electrons. The molecule has 2 aliphatic rings. The molecule has 2 aromatic carbocycles. The van der Waals surface area contributed by atoms with Crippen molar-refractivity contribution in [3.8, 4) is 5.75 Å². The van der Waals surface area contributed by atoms with Gasteiger partial charge in [0.15, 0.2) is 0 Å². The fourth-order valence-corrected chi connectivity index (χ4v) is 5.54. The molecular formula is C30H39ClN2O3. The zero-order chi connectivity index (χ0) is 25.7. The summed E-state index contributed by atoms with van der Waals surface area (Å²) in [7, 11) is 0. The second-order valence-electron chi connectivity index (χ2n) is 11.4. The molecule has 1 saturated heterocycles. The Balaban J connectivity index is 1.23. The molecule has 1 amide bonds. The van der Waals surface area contributed by atoms with E-state index in [2.05, 4.69) is 34.5 Å². The molecule has 0 aromatic heterocycles. The van der Waals surface area contributed by atoms with Crippen LogP contribution in [0.15, 0.2) is 48.5 Å². The fraction of sp³-hybridized carbons (Fsp3) is 0.533. The molecule has 1 aliphatic carbocycles. The van der Waals surface area contributed by atoms with Crippen LogP contribution in [0, 0.1) is 11.3 Å². The van der Waals surface area contributed by atoms with Crippen LogP contribution in [0.2, 0.25) is 5.02 Å². The molecule has 2 aromatic rings. The third-order valence-electron chi connectivity index (χ3n) is 7.44. The van der Waals surface area contributed by atoms with E-state index >= 15 is 0 Å². The number of benzene rings is 2. The lowest BCUT2D eigenvalue weighted by molar-refractivity contribution is -0.131. The summed E-state index contributed by atoms with van der Waals surface area (Å²) in [6.45, 7) is 8.86. The van der Waals surface area contributed by atoms with Gasteiger partial charge in [0.1, 0.15) is 11.5 Å². The fourth-order valence-electron chi connectivity index (χ4n) is 5.32. The quantitative estimate of drug-likeness (QED) is 0.475. The predicted molar refractivity (Wildman–Crippen MR) is 144 cm³/mol. The van der Waals surface area contributed by atoms with Crippen LogP contribution in [0.5, 0.6) is 5.75 Å². The average molecular weight is 511 g/mol. The van der Waals surface area contributed by atoms with E-state index < -0.39 is 0 Å². The van der Waals surface area contributed by atoms with Crippen molar-refractivity contribution < 1.29 is 14.3 Å². The van der Waals surface area contributed by atoms with Crippen LogP contribution in [0.25, 0.3) is 0 Å². The van der Waals surface area contributed by atoms with E-state index in [0.29, 0.717) is 22.1 Å². The monoisotopic (exact) mass is 510 g/mol. The highest BCUT2D eigenvalue weighted by Gasteiger charge is 2.33. The Bertz CT molecular complexity index is 1030. The van der Waals surface area contributed by atoms with Crippen LogP contribution in [-0.2, 0) is 11.3 Å². The zero-order valence-electron chi connectivity index (χ0n) is 21.8. The van der Waals surface area contributed by atoms with Crippen molar-refractivity contribution in [3.63, 3.8) is 0 Å². The number of nitrogens with one attached hydrogen (secondary N) is 1. The first-order valence-corrected chi connectivity index (χ1v) is 13.6. The third-order valence-corrected chi connectivity index (χ3v) is 7.74. The molecule has 36 heavy (non-hydrogen) atoms. The number of ketones is 1. The first-order valence-electron chi connectivity index (χ1n) is 13.3. The van der Waals surface area contributed by atoms with Gasteiger partial charge < -0.3 is 10.1 Å². The third kappa shape index (κ3) is 7.10. The number of piperidine rings is 1. The van der Waals surface area contributed by atoms with Crippen molar-refractivity contribution in [1.82, 2.24) is 10.2 Å². The van der Waals surface area contributed by atoms with Gasteiger partial charge in [-0.1, -0.05) is 62.7 Å². The Labute approximate surface area is 220 Å². The minimum absolute atomic E-state index is 0.0484. The number of carbonyl (C=O) groups excluding carboxylic acids is 2. The number of rotatable bonds is 7. The van der Waals surface area contributed by atoms with Crippen LogP contribution in [-0.4, -0.2) is 41.8 Å². The van der Waals surface area contributed by atoms with E-state index in [-0.39, 0.29) is 29.4 Å². The molecular weight excluding hydrogens is 472 g/mol. The second-order valence-corrected chi connectivity index (χ2v) is 11.8. The molecule has 0 spiro atoms. The number of hydrogen-bond donors (Lipinski definition) is 1. The summed E-state index contributed by atoms with van der Waals surface area (Å²) in [5.74, 6) is 0.979. The highest BCUT2D eigenvalue weighted by molar-refractivity contribution is 6.32. The number of carbonyl (C=O) groups is 2. The first kappa shape index (κ1) is 26.7. The Morgan fingerprint density at radius 2 is 1.64 bits per heavy atom. The second kappa shape index (κ2) is 11.8. The number of ether oxygens (including phenoxy) is 1. The minimum Gasteiger partial charge on any atom is -0.489 e. The van der Waals surface area contributed by atoms with Gasteiger partial charge in [0.25, 0.3) is 5.91 Å². The maximum absolute atomic E-state index is 12.9. The van der Waals surface area contributed by atoms with Crippen molar-refractivity contribution in [2.75, 3.05) is 13.1 Å². The van der Waals surface area contributed by atoms with Gasteiger partial charge in [-0.2, -0.15) is 0 Å². The molecule has 2 fully saturated rings. The maximum atomic E-state index is 12.9. The average Bonchev–Trinajstić information content (AvgIpc) is 2.86. The molecule has 6 heteroatoms. The van der Waals surface area contributed by atoms with Crippen LogP contribution in [0.3, 0.4) is 0 Å². The summed E-state index contributed by atoms with van der Waals surface area (Å²) in [5.41, 5.74) is 1.58. The smallest absolute Gasteiger partial charge is 0.251 e. The van der Waals surface area contributed by atoms with Crippen molar-refractivity contribution in [2.45, 2.75) is 78.0 Å². The lowest BCUT2D eigenvalue weighted by atomic mass is 9.76. The summed E-state index contributed by atoms with van der Waals surface area (Å²) in [4.78, 5) is 27.9. The lowest BCUT2D eigenvalue weighted by Gasteiger charge is -2.32. The molecule has 1 heterocycles. The van der Waals surface area contributed by atoms with Gasteiger partial charge in [0.05, 0.1) is 11.1 Å². The molecule has 0 atom stereocenters. The van der Waals surface area contributed by atoms with E-state index in [1.807, 2.05) is 26.8 Å². The van der Waals surface area contributed by atoms with Crippen molar-refractivity contribution in [3.05, 3.63) is 64.7 Å². The van der Waals surface area contributed by atoms with Gasteiger partial charge in [-0.3, -0.25) is 14.5 Å². The number of likely N-dealkylation sites (tertiary alicyclic amines) is 1. The molecule has 4 rings (SSSR count). The van der Waals surface area contributed by atoms with Gasteiger partial charge in [-0.15, -0.1) is 0 Å². The summed E-state index contributed by atoms with van der Waals surface area (Å²) < 4.78 is 6.16. The Kier molecular flexibility index (Phi) is 8.74. The van der Waals surface area contributed by atoms with Crippen LogP contribution < -0.4 is 10.1 Å². The summed E-state index contributed by atoms with van der Waals surface area (Å²) >= 11 is 6.50. The normalized spacial score (nSPS) is 21.7. The number of Topliss-reactive ketones (excluding diaryl/α,β-unsaturated/α-hetero) is 1. The van der Waals surface area contributed by atoms with E-state index in [4.69, 9.17) is 16.3 Å². The largest absolute Gasteiger partial charge is 0.489 e. The van der Waals surface area contributed by atoms with Crippen LogP contribution in [0.1, 0.15) is 75.2 Å². The number of halogens is 1. The van der Waals surface area contributed by atoms with Gasteiger partial charge in [-0.25, -0.2) is 0 Å². The van der Waals surface area contributed by atoms with E-state index in [9.17, 15) is 9.59 Å². The number of nitrogens with zero attached hydrogens (tertiary/aromatic N) is 1. The summed E-state index contributed by atoms with van der Waals surface area (Å²) in [6.07, 6.45) is 5.31. The molecule has 0 radical (unpaired) electrons. The van der Waals surface area contributed by atoms with Crippen molar-refractivity contribution in [2.24, 2.45) is 11.3 Å². The summed E-state index contributed by atoms with van der Waals surface area (Å²) in [5, 5.41) is 3.63. The van der Waals surface area contributed by atoms with E-state index in [0.717, 1.165) is 58.2 Å². The SMILES string of the molecule is CC(C)(C)C(=O)C1CCC(Oc2ccc(C(=O)NC3CCN(Cc4ccccc4)CC3)cc2Cl)CC1. The molecule has 1 aliphatic heterocycles. The van der Waals surface area contributed by atoms with Crippen molar-refractivity contribution in [1.29, 1.82) is 0 Å². The molecule has 1 saturated carbocycles. The van der Waals surface area contributed by atoms with E-state index in [1.165, 1.54) is 5.56 Å². The number of hydrogen-bond acceptors (Lipinski definition) is 4. The number of amides is 1. The lowest BCUT2D eigenvalue weighted by Crippen LogP contribution is -2.44.